The first kappa shape index (κ1) is 75.5. The zero-order valence-corrected chi connectivity index (χ0v) is 52.0. The monoisotopic (exact) mass is 1110 g/mol. The fraction of sp³-hybridized carbons (Fsp3) is 0.662. The molecule has 0 spiro atoms. The average Bonchev–Trinajstić information content (AvgIpc) is 3.46. The molecule has 0 aromatic heterocycles. The topological polar surface area (TPSA) is 78.9 Å². The van der Waals surface area contributed by atoms with Crippen molar-refractivity contribution in [3.8, 4) is 0 Å². The Morgan fingerprint density at radius 2 is 0.487 bits per heavy atom. The van der Waals surface area contributed by atoms with E-state index in [1.165, 1.54) is 122 Å². The van der Waals surface area contributed by atoms with Crippen molar-refractivity contribution >= 4 is 17.9 Å². The second kappa shape index (κ2) is 67.1. The molecule has 0 aliphatic carbocycles. The molecule has 0 aliphatic heterocycles. The van der Waals surface area contributed by atoms with Gasteiger partial charge in [-0.25, -0.2) is 0 Å². The van der Waals surface area contributed by atoms with Crippen LogP contribution in [-0.2, 0) is 28.6 Å². The maximum absolute atomic E-state index is 12.9. The van der Waals surface area contributed by atoms with Crippen molar-refractivity contribution < 1.29 is 28.6 Å². The Labute approximate surface area is 494 Å². The van der Waals surface area contributed by atoms with E-state index in [9.17, 15) is 14.4 Å². The van der Waals surface area contributed by atoms with E-state index >= 15 is 0 Å². The van der Waals surface area contributed by atoms with Gasteiger partial charge in [-0.3, -0.25) is 14.4 Å². The Bertz CT molecular complexity index is 1700. The highest BCUT2D eigenvalue weighted by molar-refractivity contribution is 5.71. The van der Waals surface area contributed by atoms with Crippen LogP contribution in [0.4, 0.5) is 0 Å². The molecule has 80 heavy (non-hydrogen) atoms. The lowest BCUT2D eigenvalue weighted by atomic mass is 10.0. The van der Waals surface area contributed by atoms with Crippen molar-refractivity contribution in [2.24, 2.45) is 0 Å². The molecule has 0 saturated carbocycles. The zero-order chi connectivity index (χ0) is 57.8. The third-order valence-corrected chi connectivity index (χ3v) is 13.9. The molecule has 6 nitrogen and oxygen atoms in total. The average molecular weight is 1110 g/mol. The largest absolute Gasteiger partial charge is 0.462 e. The molecule has 0 fully saturated rings. The highest BCUT2D eigenvalue weighted by Crippen LogP contribution is 2.16. The normalized spacial score (nSPS) is 13.0. The van der Waals surface area contributed by atoms with Crippen LogP contribution >= 0.6 is 0 Å². The summed E-state index contributed by atoms with van der Waals surface area (Å²) in [6.45, 7) is 6.48. The van der Waals surface area contributed by atoms with E-state index in [4.69, 9.17) is 14.2 Å². The number of carbonyl (C=O) groups is 3. The van der Waals surface area contributed by atoms with Crippen LogP contribution in [0.5, 0.6) is 0 Å². The van der Waals surface area contributed by atoms with Crippen LogP contribution in [0.3, 0.4) is 0 Å². The molecule has 0 aliphatic rings. The number of hydrogen-bond acceptors (Lipinski definition) is 6. The molecule has 454 valence electrons. The molecule has 0 heterocycles. The van der Waals surface area contributed by atoms with Gasteiger partial charge in [0.2, 0.25) is 0 Å². The highest BCUT2D eigenvalue weighted by Gasteiger charge is 2.19. The van der Waals surface area contributed by atoms with Crippen LogP contribution in [0.15, 0.2) is 134 Å². The van der Waals surface area contributed by atoms with Crippen molar-refractivity contribution in [2.45, 2.75) is 303 Å². The molecule has 0 aromatic carbocycles. The minimum Gasteiger partial charge on any atom is -0.462 e. The molecule has 1 atom stereocenters. The lowest BCUT2D eigenvalue weighted by Crippen LogP contribution is -2.30. The number of carbonyl (C=O) groups excluding carboxylic acids is 3. The van der Waals surface area contributed by atoms with Gasteiger partial charge in [0.1, 0.15) is 13.2 Å². The number of allylic oxidation sites excluding steroid dienone is 22. The summed E-state index contributed by atoms with van der Waals surface area (Å²) in [4.78, 5) is 38.3. The summed E-state index contributed by atoms with van der Waals surface area (Å²) in [6.07, 6.45) is 94.7. The van der Waals surface area contributed by atoms with Crippen molar-refractivity contribution in [1.82, 2.24) is 0 Å². The zero-order valence-electron chi connectivity index (χ0n) is 52.0. The molecule has 0 amide bonds. The van der Waals surface area contributed by atoms with E-state index in [2.05, 4.69) is 154 Å². The number of rotatable bonds is 59. The van der Waals surface area contributed by atoms with E-state index in [1.54, 1.807) is 0 Å². The third-order valence-electron chi connectivity index (χ3n) is 13.9. The van der Waals surface area contributed by atoms with Crippen LogP contribution in [0.1, 0.15) is 297 Å². The van der Waals surface area contributed by atoms with Crippen LogP contribution in [-0.4, -0.2) is 37.2 Å². The molecule has 1 unspecified atom stereocenters. The molecule has 6 heteroatoms. The van der Waals surface area contributed by atoms with E-state index in [1.807, 2.05) is 0 Å². The Kier molecular flexibility index (Phi) is 63.3. The first-order valence-electron chi connectivity index (χ1n) is 33.2. The van der Waals surface area contributed by atoms with Crippen LogP contribution in [0, 0.1) is 0 Å². The van der Waals surface area contributed by atoms with Gasteiger partial charge < -0.3 is 14.2 Å². The van der Waals surface area contributed by atoms with Crippen molar-refractivity contribution in [3.63, 3.8) is 0 Å². The Balaban J connectivity index is 4.36. The van der Waals surface area contributed by atoms with E-state index in [0.717, 1.165) is 128 Å². The minimum atomic E-state index is -0.802. The van der Waals surface area contributed by atoms with Gasteiger partial charge in [0, 0.05) is 19.3 Å². The summed E-state index contributed by atoms with van der Waals surface area (Å²) < 4.78 is 16.9. The molecular weight excluding hydrogens is 985 g/mol. The summed E-state index contributed by atoms with van der Waals surface area (Å²) in [5.41, 5.74) is 0. The molecule has 0 saturated heterocycles. The van der Waals surface area contributed by atoms with Crippen LogP contribution in [0.2, 0.25) is 0 Å². The standard InChI is InChI=1S/C74H122O6/c1-4-7-10-13-16-19-22-25-27-29-30-31-32-33-34-35-36-37-38-39-40-41-42-43-44-46-47-49-52-55-58-61-64-67-73(76)79-70-71(69-78-72(75)66-63-60-57-54-51-24-21-18-15-12-9-6-3)80-74(77)68-65-62-59-56-53-50-48-45-28-26-23-20-17-14-11-8-5-2/h7,10,16,18-19,21,25,27,30-31,33-34,36-37,39-40,42-43,46-47,52,55,71H,4-6,8-9,11-15,17,20,22-24,26,28-29,32,35,38,41,44-45,48-51,53-54,56-70H2,1-3H3/b10-7-,19-16-,21-18-,27-25-,31-30-,34-33-,37-36-,40-39-,43-42-,47-46-,55-52-. The number of esters is 3. The fourth-order valence-electron chi connectivity index (χ4n) is 8.94. The highest BCUT2D eigenvalue weighted by atomic mass is 16.6. The molecular formula is C74H122O6. The Morgan fingerprint density at radius 1 is 0.263 bits per heavy atom. The first-order chi connectivity index (χ1) is 39.5. The quantitative estimate of drug-likeness (QED) is 0.0261. The van der Waals surface area contributed by atoms with Gasteiger partial charge in [-0.05, 0) is 122 Å². The van der Waals surface area contributed by atoms with E-state index in [-0.39, 0.29) is 31.1 Å². The number of hydrogen-bond donors (Lipinski definition) is 0. The van der Waals surface area contributed by atoms with Gasteiger partial charge in [-0.2, -0.15) is 0 Å². The van der Waals surface area contributed by atoms with Crippen LogP contribution < -0.4 is 0 Å². The maximum atomic E-state index is 12.9. The minimum absolute atomic E-state index is 0.0965. The van der Waals surface area contributed by atoms with Gasteiger partial charge >= 0.3 is 17.9 Å². The van der Waals surface area contributed by atoms with Gasteiger partial charge in [0.15, 0.2) is 6.10 Å². The molecule has 0 bridgehead atoms. The van der Waals surface area contributed by atoms with Gasteiger partial charge in [0.25, 0.3) is 0 Å². The lowest BCUT2D eigenvalue weighted by molar-refractivity contribution is -0.167. The number of unbranched alkanes of at least 4 members (excludes halogenated alkanes) is 26. The van der Waals surface area contributed by atoms with E-state index < -0.39 is 6.10 Å². The second-order valence-corrected chi connectivity index (χ2v) is 21.6. The van der Waals surface area contributed by atoms with Gasteiger partial charge in [-0.15, -0.1) is 0 Å². The van der Waals surface area contributed by atoms with E-state index in [0.29, 0.717) is 25.7 Å². The molecule has 0 radical (unpaired) electrons. The summed E-state index contributed by atoms with van der Waals surface area (Å²) in [7, 11) is 0. The van der Waals surface area contributed by atoms with Gasteiger partial charge in [0.05, 0.1) is 0 Å². The summed E-state index contributed by atoms with van der Waals surface area (Å²) >= 11 is 0. The van der Waals surface area contributed by atoms with Crippen molar-refractivity contribution in [1.29, 1.82) is 0 Å². The Hall–Kier alpha value is -4.45. The molecule has 0 rings (SSSR count). The summed E-state index contributed by atoms with van der Waals surface area (Å²) in [5.74, 6) is -0.945. The van der Waals surface area contributed by atoms with Crippen molar-refractivity contribution in [2.75, 3.05) is 13.2 Å². The van der Waals surface area contributed by atoms with Gasteiger partial charge in [-0.1, -0.05) is 289 Å². The van der Waals surface area contributed by atoms with Crippen LogP contribution in [0.25, 0.3) is 0 Å². The molecule has 0 aromatic rings. The summed E-state index contributed by atoms with van der Waals surface area (Å²) in [5, 5.41) is 0. The second-order valence-electron chi connectivity index (χ2n) is 21.6. The first-order valence-corrected chi connectivity index (χ1v) is 33.2. The predicted octanol–water partition coefficient (Wildman–Crippen LogP) is 22.9. The lowest BCUT2D eigenvalue weighted by Gasteiger charge is -2.18. The molecule has 0 N–H and O–H groups in total. The smallest absolute Gasteiger partial charge is 0.306 e. The maximum Gasteiger partial charge on any atom is 0.306 e. The SMILES string of the molecule is CC/C=C\C/C=C\C/C=C\C/C=C\C/C=C\C/C=C\C/C=C\C/C=C\C/C=C\C/C=C\CCCCC(=O)OCC(COC(=O)CCCCCCC/C=C\CCCCC)OC(=O)CCCCCCCCCCCCCCCCCCC. The predicted molar refractivity (Wildman–Crippen MR) is 348 cm³/mol. The number of ether oxygens (including phenoxy) is 3. The summed E-state index contributed by atoms with van der Waals surface area (Å²) in [6, 6.07) is 0. The Morgan fingerprint density at radius 3 is 0.825 bits per heavy atom. The fourth-order valence-corrected chi connectivity index (χ4v) is 8.94. The third kappa shape index (κ3) is 64.4. The van der Waals surface area contributed by atoms with Crippen molar-refractivity contribution in [3.05, 3.63) is 134 Å².